The number of hydrogen-bond donors (Lipinski definition) is 5. The van der Waals surface area contributed by atoms with E-state index in [-0.39, 0.29) is 42.0 Å². The number of aliphatic hydroxyl groups is 1. The van der Waals surface area contributed by atoms with Gasteiger partial charge in [-0.05, 0) is 0 Å². The summed E-state index contributed by atoms with van der Waals surface area (Å²) in [5, 5.41) is 25.3. The van der Waals surface area contributed by atoms with E-state index in [4.69, 9.17) is 11.5 Å². The Morgan fingerprint density at radius 2 is 2.16 bits per heavy atom. The number of fused-ring (bicyclic) bond motifs is 1. The van der Waals surface area contributed by atoms with Crippen molar-refractivity contribution in [2.75, 3.05) is 23.8 Å². The minimum Gasteiger partial charge on any atom is -0.477 e. The maximum absolute atomic E-state index is 13.0. The van der Waals surface area contributed by atoms with Crippen LogP contribution in [0.4, 0.5) is 19.7 Å². The van der Waals surface area contributed by atoms with Gasteiger partial charge in [0.2, 0.25) is 0 Å². The van der Waals surface area contributed by atoms with Gasteiger partial charge in [0.05, 0.1) is 12.7 Å². The summed E-state index contributed by atoms with van der Waals surface area (Å²) in [5.74, 6) is -2.49. The van der Waals surface area contributed by atoms with Crippen molar-refractivity contribution in [3.8, 4) is 0 Å². The number of nitrogens with two attached hydrogens (primary N) is 2. The number of alkyl halides is 2. The van der Waals surface area contributed by atoms with Crippen LogP contribution in [0.3, 0.4) is 0 Å². The number of aliphatic carboxylic acids is 1. The average Bonchev–Trinajstić information content (AvgIpc) is 3.42. The lowest BCUT2D eigenvalue weighted by atomic mass is 10.0. The second kappa shape index (κ2) is 10.7. The molecule has 1 fully saturated rings. The van der Waals surface area contributed by atoms with Gasteiger partial charge >= 0.3 is 12.6 Å². The van der Waals surface area contributed by atoms with Crippen LogP contribution in [0.1, 0.15) is 5.69 Å². The third-order valence-corrected chi connectivity index (χ3v) is 7.44. The minimum absolute atomic E-state index is 0.0507. The summed E-state index contributed by atoms with van der Waals surface area (Å²) in [6.07, 6.45) is 1.63. The van der Waals surface area contributed by atoms with Gasteiger partial charge in [0, 0.05) is 16.7 Å². The number of thiazole rings is 1. The van der Waals surface area contributed by atoms with Crippen molar-refractivity contribution in [2.45, 2.75) is 31.1 Å². The van der Waals surface area contributed by atoms with Gasteiger partial charge in [-0.3, -0.25) is 14.5 Å². The number of rotatable bonds is 10. The number of nitrogens with one attached hydrogen (secondary N) is 1. The molecule has 2 aliphatic heterocycles. The molecule has 2 aliphatic rings. The van der Waals surface area contributed by atoms with E-state index >= 15 is 0 Å². The quantitative estimate of drug-likeness (QED) is 0.102. The number of carbonyl (C=O) groups is 3. The standard InChI is InChI=1S/C19H20F2N8O6S2/c20-18(21)35-26-11(9-7-37-19(23)24-9)14(31)25-12-15(32)29-13(17(33)34)8(6-36-16(12)29)5-27-2-1-10(22)28(27)3-4-30/h1-2,7,12,16,18,22,30H,3-6H2,(H4,23,24,25,31,33,34)/p+1/t12-,16-/m1/s1. The summed E-state index contributed by atoms with van der Waals surface area (Å²) in [4.78, 5) is 46.7. The molecule has 0 saturated carbocycles. The Kier molecular flexibility index (Phi) is 7.60. The third-order valence-electron chi connectivity index (χ3n) is 5.43. The van der Waals surface area contributed by atoms with E-state index in [1.54, 1.807) is 21.6 Å². The van der Waals surface area contributed by atoms with Crippen LogP contribution in [0.25, 0.3) is 0 Å². The Morgan fingerprint density at radius 1 is 1.41 bits per heavy atom. The Balaban J connectivity index is 1.55. The van der Waals surface area contributed by atoms with Gasteiger partial charge in [-0.2, -0.15) is 8.78 Å². The van der Waals surface area contributed by atoms with E-state index in [0.29, 0.717) is 11.4 Å². The average molecular weight is 560 g/mol. The molecule has 0 spiro atoms. The number of carboxylic acids is 1. The number of aromatic nitrogens is 3. The number of halogens is 2. The zero-order valence-electron chi connectivity index (χ0n) is 18.8. The molecule has 7 N–H and O–H groups in total. The smallest absolute Gasteiger partial charge is 0.407 e. The molecule has 18 heteroatoms. The van der Waals surface area contributed by atoms with Crippen molar-refractivity contribution >= 4 is 57.5 Å². The summed E-state index contributed by atoms with van der Waals surface area (Å²) in [7, 11) is 0. The predicted molar refractivity (Wildman–Crippen MR) is 126 cm³/mol. The molecule has 0 aromatic carbocycles. The topological polar surface area (TPSA) is 202 Å². The molecule has 0 aliphatic carbocycles. The molecule has 4 heterocycles. The fraction of sp³-hybridized carbons (Fsp3) is 0.368. The van der Waals surface area contributed by atoms with Crippen LogP contribution in [0.2, 0.25) is 0 Å². The van der Waals surface area contributed by atoms with E-state index in [2.05, 4.69) is 20.3 Å². The second-order valence-electron chi connectivity index (χ2n) is 7.68. The van der Waals surface area contributed by atoms with Crippen LogP contribution in [-0.2, 0) is 32.3 Å². The summed E-state index contributed by atoms with van der Waals surface area (Å²) >= 11 is 2.15. The SMILES string of the molecule is Nc1nc(C(=NOC(F)F)C(=O)N[C@@H]2C(=O)N3C(C(=O)O)=C(C[n+]4ccc(N)n4CCO)CS[C@H]23)cs1. The van der Waals surface area contributed by atoms with Crippen LogP contribution in [0, 0.1) is 0 Å². The summed E-state index contributed by atoms with van der Waals surface area (Å²) in [6.45, 7) is -3.22. The van der Waals surface area contributed by atoms with Crippen LogP contribution < -0.4 is 21.5 Å². The van der Waals surface area contributed by atoms with Crippen molar-refractivity contribution in [3.05, 3.63) is 34.6 Å². The lowest BCUT2D eigenvalue weighted by molar-refractivity contribution is -0.767. The lowest BCUT2D eigenvalue weighted by Gasteiger charge is -2.49. The number of aliphatic hydroxyl groups excluding tert-OH is 1. The number of carboxylic acid groups (broad SMARTS) is 1. The van der Waals surface area contributed by atoms with Crippen LogP contribution in [0.5, 0.6) is 0 Å². The summed E-state index contributed by atoms with van der Waals surface area (Å²) in [5.41, 5.74) is 10.9. The number of hydrogen-bond acceptors (Lipinski definition) is 11. The van der Waals surface area contributed by atoms with Gasteiger partial charge in [0.15, 0.2) is 29.4 Å². The van der Waals surface area contributed by atoms with Crippen molar-refractivity contribution in [1.82, 2.24) is 19.9 Å². The number of nitrogen functional groups attached to an aromatic ring is 2. The van der Waals surface area contributed by atoms with E-state index in [1.807, 2.05) is 0 Å². The fourth-order valence-electron chi connectivity index (χ4n) is 3.87. The van der Waals surface area contributed by atoms with Gasteiger partial charge in [-0.25, -0.2) is 9.78 Å². The third kappa shape index (κ3) is 5.20. The monoisotopic (exact) mass is 559 g/mol. The normalized spacial score (nSPS) is 19.6. The maximum atomic E-state index is 13.0. The minimum atomic E-state index is -3.30. The molecule has 0 radical (unpaired) electrons. The molecule has 2 amide bonds. The molecular formula is C19H21F2N8O6S2+. The molecular weight excluding hydrogens is 538 g/mol. The number of β-lactam (4-membered cyclic amide) rings is 1. The first-order valence-electron chi connectivity index (χ1n) is 10.5. The molecule has 0 bridgehead atoms. The summed E-state index contributed by atoms with van der Waals surface area (Å²) < 4.78 is 28.3. The van der Waals surface area contributed by atoms with E-state index in [9.17, 15) is 33.4 Å². The lowest BCUT2D eigenvalue weighted by Crippen LogP contribution is -2.71. The Hall–Kier alpha value is -3.77. The number of thioether (sulfide) groups is 1. The van der Waals surface area contributed by atoms with Crippen LogP contribution in [0.15, 0.2) is 34.1 Å². The van der Waals surface area contributed by atoms with Crippen LogP contribution >= 0.6 is 23.1 Å². The van der Waals surface area contributed by atoms with E-state index in [0.717, 1.165) is 16.2 Å². The molecule has 2 atom stereocenters. The van der Waals surface area contributed by atoms with Crippen molar-refractivity contribution < 1.29 is 42.9 Å². The molecule has 0 unspecified atom stereocenters. The Bertz CT molecular complexity index is 1300. The number of amides is 2. The highest BCUT2D eigenvalue weighted by atomic mass is 32.2. The van der Waals surface area contributed by atoms with Gasteiger partial charge in [-0.15, -0.1) is 32.5 Å². The molecule has 37 heavy (non-hydrogen) atoms. The largest absolute Gasteiger partial charge is 0.477 e. The Labute approximate surface area is 215 Å². The number of oxime groups is 1. The number of nitrogens with zero attached hydrogens (tertiary/aromatic N) is 5. The second-order valence-corrected chi connectivity index (χ2v) is 9.67. The van der Waals surface area contributed by atoms with Crippen molar-refractivity contribution in [2.24, 2.45) is 5.16 Å². The molecule has 4 rings (SSSR count). The zero-order chi connectivity index (χ0) is 26.9. The Morgan fingerprint density at radius 3 is 2.78 bits per heavy atom. The van der Waals surface area contributed by atoms with E-state index < -0.39 is 41.5 Å². The fourth-order valence-corrected chi connectivity index (χ4v) is 5.75. The summed E-state index contributed by atoms with van der Waals surface area (Å²) in [6, 6.07) is 0.450. The highest BCUT2D eigenvalue weighted by Gasteiger charge is 2.55. The van der Waals surface area contributed by atoms with Gasteiger partial charge < -0.3 is 31.8 Å². The molecule has 2 aromatic heterocycles. The number of carbonyl (C=O) groups excluding carboxylic acids is 2. The maximum Gasteiger partial charge on any atom is 0.407 e. The molecule has 198 valence electrons. The highest BCUT2D eigenvalue weighted by molar-refractivity contribution is 8.00. The van der Waals surface area contributed by atoms with Gasteiger partial charge in [0.25, 0.3) is 11.8 Å². The van der Waals surface area contributed by atoms with Gasteiger partial charge in [0.1, 0.15) is 29.4 Å². The molecule has 2 aromatic rings. The predicted octanol–water partition coefficient (Wildman–Crippen LogP) is -1.23. The van der Waals surface area contributed by atoms with Crippen LogP contribution in [-0.4, -0.2) is 78.7 Å². The first-order valence-corrected chi connectivity index (χ1v) is 12.4. The van der Waals surface area contributed by atoms with E-state index in [1.165, 1.54) is 17.1 Å². The molecule has 1 saturated heterocycles. The first kappa shape index (κ1) is 26.3. The molecule has 14 nitrogen and oxygen atoms in total. The van der Waals surface area contributed by atoms with Crippen molar-refractivity contribution in [1.29, 1.82) is 0 Å². The number of anilines is 2. The highest BCUT2D eigenvalue weighted by Crippen LogP contribution is 2.40. The van der Waals surface area contributed by atoms with Gasteiger partial charge in [-0.1, -0.05) is 5.16 Å². The van der Waals surface area contributed by atoms with Crippen molar-refractivity contribution in [3.63, 3.8) is 0 Å². The zero-order valence-corrected chi connectivity index (χ0v) is 20.4. The first-order chi connectivity index (χ1) is 17.6.